The summed E-state index contributed by atoms with van der Waals surface area (Å²) in [5, 5.41) is 6.03. The van der Waals surface area contributed by atoms with E-state index in [1.807, 2.05) is 24.3 Å². The molecule has 0 saturated carbocycles. The highest BCUT2D eigenvalue weighted by Gasteiger charge is 2.01. The number of hydrogen-bond donors (Lipinski definition) is 2. The molecule has 0 saturated heterocycles. The molecule has 1 aromatic rings. The second-order valence-electron chi connectivity index (χ2n) is 3.12. The van der Waals surface area contributed by atoms with Crippen molar-refractivity contribution in [2.75, 3.05) is 11.9 Å². The molecule has 1 amide bonds. The Kier molecular flexibility index (Phi) is 4.13. The van der Waals surface area contributed by atoms with Crippen LogP contribution in [0.15, 0.2) is 24.3 Å². The van der Waals surface area contributed by atoms with Crippen LogP contribution >= 0.6 is 0 Å². The quantitative estimate of drug-likeness (QED) is 0.763. The van der Waals surface area contributed by atoms with Gasteiger partial charge in [0, 0.05) is 19.2 Å². The van der Waals surface area contributed by atoms with Crippen LogP contribution in [0.25, 0.3) is 0 Å². The molecule has 0 fully saturated rings. The summed E-state index contributed by atoms with van der Waals surface area (Å²) in [6.07, 6.45) is 0. The molecule has 2 N–H and O–H groups in total. The fraction of sp³-hybridized carbons (Fsp3) is 0.364. The Balaban J connectivity index is 2.74. The van der Waals surface area contributed by atoms with E-state index in [9.17, 15) is 4.79 Å². The third-order valence-electron chi connectivity index (χ3n) is 1.89. The van der Waals surface area contributed by atoms with E-state index in [0.717, 1.165) is 24.3 Å². The second kappa shape index (κ2) is 5.40. The van der Waals surface area contributed by atoms with Crippen molar-refractivity contribution in [3.63, 3.8) is 0 Å². The fourth-order valence-corrected chi connectivity index (χ4v) is 1.25. The molecule has 76 valence electrons. The Hall–Kier alpha value is -1.35. The highest BCUT2D eigenvalue weighted by atomic mass is 16.1. The third kappa shape index (κ3) is 3.18. The molecule has 0 heterocycles. The van der Waals surface area contributed by atoms with E-state index < -0.39 is 0 Å². The third-order valence-corrected chi connectivity index (χ3v) is 1.89. The molecule has 14 heavy (non-hydrogen) atoms. The van der Waals surface area contributed by atoms with E-state index in [2.05, 4.69) is 17.6 Å². The molecule has 0 radical (unpaired) electrons. The number of rotatable bonds is 4. The van der Waals surface area contributed by atoms with Crippen LogP contribution in [0, 0.1) is 0 Å². The molecular formula is C11H16N2O. The van der Waals surface area contributed by atoms with E-state index in [1.54, 1.807) is 0 Å². The molecule has 0 unspecified atom stereocenters. The summed E-state index contributed by atoms with van der Waals surface area (Å²) >= 11 is 0. The van der Waals surface area contributed by atoms with Crippen molar-refractivity contribution in [2.45, 2.75) is 20.4 Å². The molecule has 0 bridgehead atoms. The zero-order valence-corrected chi connectivity index (χ0v) is 8.63. The van der Waals surface area contributed by atoms with Crippen LogP contribution in [0.4, 0.5) is 5.69 Å². The van der Waals surface area contributed by atoms with Gasteiger partial charge in [-0.3, -0.25) is 4.79 Å². The lowest BCUT2D eigenvalue weighted by Gasteiger charge is -2.09. The average molecular weight is 192 g/mol. The van der Waals surface area contributed by atoms with Crippen LogP contribution < -0.4 is 10.6 Å². The van der Waals surface area contributed by atoms with Gasteiger partial charge in [-0.1, -0.05) is 25.1 Å². The zero-order chi connectivity index (χ0) is 10.4. The first-order valence-corrected chi connectivity index (χ1v) is 4.80. The lowest BCUT2D eigenvalue weighted by molar-refractivity contribution is -0.114. The molecule has 3 heteroatoms. The smallest absolute Gasteiger partial charge is 0.221 e. The number of anilines is 1. The SMILES string of the molecule is CCNCc1ccccc1NC(C)=O. The van der Waals surface area contributed by atoms with Crippen molar-refractivity contribution in [1.82, 2.24) is 5.32 Å². The summed E-state index contributed by atoms with van der Waals surface area (Å²) in [5.41, 5.74) is 2.01. The van der Waals surface area contributed by atoms with Gasteiger partial charge in [0.25, 0.3) is 0 Å². The van der Waals surface area contributed by atoms with Crippen LogP contribution in [-0.4, -0.2) is 12.5 Å². The number of carbonyl (C=O) groups is 1. The summed E-state index contributed by atoms with van der Waals surface area (Å²) in [6.45, 7) is 5.28. The van der Waals surface area contributed by atoms with Crippen LogP contribution in [0.2, 0.25) is 0 Å². The van der Waals surface area contributed by atoms with Gasteiger partial charge in [0.2, 0.25) is 5.91 Å². The van der Waals surface area contributed by atoms with Crippen molar-refractivity contribution in [2.24, 2.45) is 0 Å². The molecule has 0 aromatic heterocycles. The van der Waals surface area contributed by atoms with Crippen molar-refractivity contribution in [3.05, 3.63) is 29.8 Å². The predicted octanol–water partition coefficient (Wildman–Crippen LogP) is 1.75. The van der Waals surface area contributed by atoms with Gasteiger partial charge in [-0.25, -0.2) is 0 Å². The van der Waals surface area contributed by atoms with Gasteiger partial charge in [-0.2, -0.15) is 0 Å². The molecule has 0 aliphatic heterocycles. The number of hydrogen-bond acceptors (Lipinski definition) is 2. The van der Waals surface area contributed by atoms with Crippen molar-refractivity contribution < 1.29 is 4.79 Å². The monoisotopic (exact) mass is 192 g/mol. The Morgan fingerprint density at radius 1 is 1.36 bits per heavy atom. The van der Waals surface area contributed by atoms with Gasteiger partial charge in [0.1, 0.15) is 0 Å². The maximum absolute atomic E-state index is 10.9. The number of benzene rings is 1. The fourth-order valence-electron chi connectivity index (χ4n) is 1.25. The Morgan fingerprint density at radius 2 is 2.07 bits per heavy atom. The molecule has 3 nitrogen and oxygen atoms in total. The predicted molar refractivity (Wildman–Crippen MR) is 58.1 cm³/mol. The van der Waals surface area contributed by atoms with E-state index in [1.165, 1.54) is 6.92 Å². The van der Waals surface area contributed by atoms with Gasteiger partial charge >= 0.3 is 0 Å². The highest BCUT2D eigenvalue weighted by Crippen LogP contribution is 2.14. The molecule has 0 aliphatic rings. The first-order chi connectivity index (χ1) is 6.74. The minimum atomic E-state index is -0.0334. The van der Waals surface area contributed by atoms with Crippen LogP contribution in [0.3, 0.4) is 0 Å². The van der Waals surface area contributed by atoms with E-state index in [0.29, 0.717) is 0 Å². The highest BCUT2D eigenvalue weighted by molar-refractivity contribution is 5.89. The van der Waals surface area contributed by atoms with Crippen LogP contribution in [0.1, 0.15) is 19.4 Å². The Labute approximate surface area is 84.5 Å². The first-order valence-electron chi connectivity index (χ1n) is 4.80. The minimum Gasteiger partial charge on any atom is -0.326 e. The van der Waals surface area contributed by atoms with Gasteiger partial charge in [0.05, 0.1) is 0 Å². The molecule has 0 atom stereocenters. The molecular weight excluding hydrogens is 176 g/mol. The molecule has 1 aromatic carbocycles. The molecule has 1 rings (SSSR count). The summed E-state index contributed by atoms with van der Waals surface area (Å²) in [6, 6.07) is 7.81. The average Bonchev–Trinajstić information content (AvgIpc) is 2.16. The second-order valence-corrected chi connectivity index (χ2v) is 3.12. The standard InChI is InChI=1S/C11H16N2O/c1-3-12-8-10-6-4-5-7-11(10)13-9(2)14/h4-7,12H,3,8H2,1-2H3,(H,13,14). The number of amides is 1. The summed E-state index contributed by atoms with van der Waals surface area (Å²) in [5.74, 6) is -0.0334. The maximum atomic E-state index is 10.9. The normalized spacial score (nSPS) is 9.86. The minimum absolute atomic E-state index is 0.0334. The van der Waals surface area contributed by atoms with Crippen molar-refractivity contribution in [1.29, 1.82) is 0 Å². The lowest BCUT2D eigenvalue weighted by Crippen LogP contribution is -2.15. The van der Waals surface area contributed by atoms with Gasteiger partial charge < -0.3 is 10.6 Å². The maximum Gasteiger partial charge on any atom is 0.221 e. The van der Waals surface area contributed by atoms with Gasteiger partial charge in [-0.15, -0.1) is 0 Å². The molecule has 0 spiro atoms. The van der Waals surface area contributed by atoms with Gasteiger partial charge in [0.15, 0.2) is 0 Å². The Morgan fingerprint density at radius 3 is 2.71 bits per heavy atom. The number of carbonyl (C=O) groups excluding carboxylic acids is 1. The van der Waals surface area contributed by atoms with E-state index >= 15 is 0 Å². The topological polar surface area (TPSA) is 41.1 Å². The van der Waals surface area contributed by atoms with Gasteiger partial charge in [-0.05, 0) is 18.2 Å². The van der Waals surface area contributed by atoms with E-state index in [4.69, 9.17) is 0 Å². The van der Waals surface area contributed by atoms with Crippen LogP contribution in [0.5, 0.6) is 0 Å². The van der Waals surface area contributed by atoms with Crippen molar-refractivity contribution >= 4 is 11.6 Å². The molecule has 0 aliphatic carbocycles. The summed E-state index contributed by atoms with van der Waals surface area (Å²) in [4.78, 5) is 10.9. The van der Waals surface area contributed by atoms with E-state index in [-0.39, 0.29) is 5.91 Å². The number of para-hydroxylation sites is 1. The zero-order valence-electron chi connectivity index (χ0n) is 8.63. The van der Waals surface area contributed by atoms with Crippen molar-refractivity contribution in [3.8, 4) is 0 Å². The van der Waals surface area contributed by atoms with Crippen LogP contribution in [-0.2, 0) is 11.3 Å². The first kappa shape index (κ1) is 10.7. The summed E-state index contributed by atoms with van der Waals surface area (Å²) in [7, 11) is 0. The lowest BCUT2D eigenvalue weighted by atomic mass is 10.1. The largest absolute Gasteiger partial charge is 0.326 e. The Bertz CT molecular complexity index is 310. The number of nitrogens with one attached hydrogen (secondary N) is 2. The summed E-state index contributed by atoms with van der Waals surface area (Å²) < 4.78 is 0.